The Balaban J connectivity index is 1.69. The molecule has 1 amide bonds. The molecule has 4 atom stereocenters. The van der Waals surface area contributed by atoms with Gasteiger partial charge in [0.1, 0.15) is 18.8 Å². The van der Waals surface area contributed by atoms with Crippen LogP contribution in [0.3, 0.4) is 0 Å². The molecule has 0 spiro atoms. The fourth-order valence-electron chi connectivity index (χ4n) is 3.31. The van der Waals surface area contributed by atoms with Crippen LogP contribution in [0.25, 0.3) is 0 Å². The first-order valence-corrected chi connectivity index (χ1v) is 7.10. The molecule has 4 unspecified atom stereocenters. The van der Waals surface area contributed by atoms with Crippen molar-refractivity contribution in [3.05, 3.63) is 48.0 Å². The second-order valence-corrected chi connectivity index (χ2v) is 5.55. The van der Waals surface area contributed by atoms with Gasteiger partial charge in [-0.25, -0.2) is 4.79 Å². The molecule has 2 bridgehead atoms. The smallest absolute Gasteiger partial charge is 0.411 e. The van der Waals surface area contributed by atoms with Gasteiger partial charge in [-0.2, -0.15) is 0 Å². The summed E-state index contributed by atoms with van der Waals surface area (Å²) in [6.07, 6.45) is 3.18. The van der Waals surface area contributed by atoms with Crippen LogP contribution in [0, 0.1) is 0 Å². The zero-order valence-corrected chi connectivity index (χ0v) is 11.3. The van der Waals surface area contributed by atoms with Gasteiger partial charge in [0.15, 0.2) is 5.78 Å². The number of benzene rings is 1. The standard InChI is InChI=1S/C16H15NO4/c18-13-8-11-6-7-14(21-11)15(13)17-12(9-20-16(17)19)10-4-2-1-3-5-10/h1-7,11-12,14-15H,8-9H2. The molecule has 0 aromatic heterocycles. The summed E-state index contributed by atoms with van der Waals surface area (Å²) < 4.78 is 10.9. The van der Waals surface area contributed by atoms with Crippen molar-refractivity contribution in [1.82, 2.24) is 4.90 Å². The summed E-state index contributed by atoms with van der Waals surface area (Å²) in [5.74, 6) is 0.0426. The normalized spacial score (nSPS) is 34.4. The average Bonchev–Trinajstić information content (AvgIpc) is 3.06. The first kappa shape index (κ1) is 12.6. The fourth-order valence-corrected chi connectivity index (χ4v) is 3.31. The van der Waals surface area contributed by atoms with Crippen molar-refractivity contribution < 1.29 is 19.1 Å². The van der Waals surface area contributed by atoms with Gasteiger partial charge >= 0.3 is 6.09 Å². The lowest BCUT2D eigenvalue weighted by atomic mass is 9.97. The Kier molecular flexibility index (Phi) is 2.82. The van der Waals surface area contributed by atoms with Crippen LogP contribution >= 0.6 is 0 Å². The number of Topliss-reactive ketones (excluding diaryl/α,β-unsaturated/α-hetero) is 1. The van der Waals surface area contributed by atoms with E-state index in [-0.39, 0.29) is 30.6 Å². The van der Waals surface area contributed by atoms with Crippen LogP contribution in [-0.4, -0.2) is 41.6 Å². The van der Waals surface area contributed by atoms with E-state index in [1.165, 1.54) is 0 Å². The van der Waals surface area contributed by atoms with Gasteiger partial charge in [0, 0.05) is 6.42 Å². The summed E-state index contributed by atoms with van der Waals surface area (Å²) in [4.78, 5) is 26.1. The van der Waals surface area contributed by atoms with Gasteiger partial charge in [-0.1, -0.05) is 42.5 Å². The van der Waals surface area contributed by atoms with Crippen molar-refractivity contribution in [3.8, 4) is 0 Å². The van der Waals surface area contributed by atoms with Gasteiger partial charge in [-0.3, -0.25) is 9.69 Å². The minimum absolute atomic E-state index is 0.0426. The first-order valence-electron chi connectivity index (χ1n) is 7.10. The maximum atomic E-state index is 12.4. The fraction of sp³-hybridized carbons (Fsp3) is 0.375. The van der Waals surface area contributed by atoms with E-state index in [2.05, 4.69) is 0 Å². The first-order chi connectivity index (χ1) is 10.2. The number of rotatable bonds is 2. The van der Waals surface area contributed by atoms with Crippen molar-refractivity contribution >= 4 is 11.9 Å². The Bertz CT molecular complexity index is 612. The molecule has 0 N–H and O–H groups in total. The molecule has 1 aromatic carbocycles. The molecule has 2 fully saturated rings. The molecule has 5 heteroatoms. The monoisotopic (exact) mass is 285 g/mol. The highest BCUT2D eigenvalue weighted by atomic mass is 16.6. The second kappa shape index (κ2) is 4.70. The summed E-state index contributed by atoms with van der Waals surface area (Å²) in [6.45, 7) is 0.270. The highest BCUT2D eigenvalue weighted by Gasteiger charge is 2.49. The third-order valence-electron chi connectivity index (χ3n) is 4.29. The Labute approximate surface area is 122 Å². The zero-order chi connectivity index (χ0) is 14.4. The van der Waals surface area contributed by atoms with Crippen LogP contribution in [0.15, 0.2) is 42.5 Å². The van der Waals surface area contributed by atoms with Crippen molar-refractivity contribution in [2.75, 3.05) is 6.61 Å². The Morgan fingerprint density at radius 2 is 1.90 bits per heavy atom. The molecule has 3 heterocycles. The maximum Gasteiger partial charge on any atom is 0.411 e. The van der Waals surface area contributed by atoms with Gasteiger partial charge in [0.05, 0.1) is 12.1 Å². The summed E-state index contributed by atoms with van der Waals surface area (Å²) in [6, 6.07) is 8.83. The Morgan fingerprint density at radius 1 is 1.10 bits per heavy atom. The molecule has 1 aromatic rings. The molecular formula is C16H15NO4. The lowest BCUT2D eigenvalue weighted by Crippen LogP contribution is -2.53. The summed E-state index contributed by atoms with van der Waals surface area (Å²) in [5.41, 5.74) is 0.972. The third kappa shape index (κ3) is 1.96. The van der Waals surface area contributed by atoms with Crippen LogP contribution in [-0.2, 0) is 14.3 Å². The van der Waals surface area contributed by atoms with Crippen LogP contribution in [0.2, 0.25) is 0 Å². The molecule has 3 aliphatic heterocycles. The van der Waals surface area contributed by atoms with E-state index in [1.807, 2.05) is 42.5 Å². The van der Waals surface area contributed by atoms with E-state index in [0.717, 1.165) is 5.56 Å². The molecule has 3 aliphatic rings. The van der Waals surface area contributed by atoms with E-state index in [9.17, 15) is 9.59 Å². The number of carbonyl (C=O) groups is 2. The number of ether oxygens (including phenoxy) is 2. The number of fused-ring (bicyclic) bond motifs is 2. The number of carbonyl (C=O) groups excluding carboxylic acids is 2. The Hall–Kier alpha value is -2.14. The predicted octanol–water partition coefficient (Wildman–Crippen LogP) is 1.84. The average molecular weight is 285 g/mol. The highest BCUT2D eigenvalue weighted by molar-refractivity contribution is 5.90. The summed E-state index contributed by atoms with van der Waals surface area (Å²) in [7, 11) is 0. The van der Waals surface area contributed by atoms with Crippen LogP contribution in [0.5, 0.6) is 0 Å². The van der Waals surface area contributed by atoms with Crippen molar-refractivity contribution in [2.45, 2.75) is 30.7 Å². The molecule has 4 rings (SSSR count). The molecule has 5 nitrogen and oxygen atoms in total. The molecule has 0 radical (unpaired) electrons. The number of amides is 1. The second-order valence-electron chi connectivity index (χ2n) is 5.55. The molecule has 21 heavy (non-hydrogen) atoms. The molecule has 2 saturated heterocycles. The SMILES string of the molecule is O=C1CC2C=CC(O2)C1N1C(=O)OCC1c1ccccc1. The van der Waals surface area contributed by atoms with E-state index >= 15 is 0 Å². The van der Waals surface area contributed by atoms with Gasteiger partial charge in [0.25, 0.3) is 0 Å². The molecular weight excluding hydrogens is 270 g/mol. The van der Waals surface area contributed by atoms with E-state index in [1.54, 1.807) is 4.90 Å². The number of ketones is 1. The van der Waals surface area contributed by atoms with E-state index in [4.69, 9.17) is 9.47 Å². The van der Waals surface area contributed by atoms with Gasteiger partial charge in [-0.15, -0.1) is 0 Å². The summed E-state index contributed by atoms with van der Waals surface area (Å²) >= 11 is 0. The third-order valence-corrected chi connectivity index (χ3v) is 4.29. The largest absolute Gasteiger partial charge is 0.447 e. The zero-order valence-electron chi connectivity index (χ0n) is 11.3. The number of cyclic esters (lactones) is 1. The molecule has 108 valence electrons. The van der Waals surface area contributed by atoms with Crippen LogP contribution in [0.4, 0.5) is 4.79 Å². The van der Waals surface area contributed by atoms with E-state index in [0.29, 0.717) is 6.42 Å². The topological polar surface area (TPSA) is 55.8 Å². The Morgan fingerprint density at radius 3 is 2.71 bits per heavy atom. The maximum absolute atomic E-state index is 12.4. The molecule has 0 saturated carbocycles. The van der Waals surface area contributed by atoms with Crippen molar-refractivity contribution in [2.24, 2.45) is 0 Å². The highest BCUT2D eigenvalue weighted by Crippen LogP contribution is 2.36. The minimum Gasteiger partial charge on any atom is -0.447 e. The minimum atomic E-state index is -0.583. The van der Waals surface area contributed by atoms with Gasteiger partial charge in [0.2, 0.25) is 0 Å². The number of nitrogens with zero attached hydrogens (tertiary/aromatic N) is 1. The quantitative estimate of drug-likeness (QED) is 0.778. The lowest BCUT2D eigenvalue weighted by molar-refractivity contribution is -0.137. The van der Waals surface area contributed by atoms with Crippen LogP contribution in [0.1, 0.15) is 18.0 Å². The van der Waals surface area contributed by atoms with Crippen molar-refractivity contribution in [1.29, 1.82) is 0 Å². The summed E-state index contributed by atoms with van der Waals surface area (Å²) in [5, 5.41) is 0. The number of hydrogen-bond acceptors (Lipinski definition) is 4. The number of hydrogen-bond donors (Lipinski definition) is 0. The van der Waals surface area contributed by atoms with Crippen LogP contribution < -0.4 is 0 Å². The van der Waals surface area contributed by atoms with Gasteiger partial charge < -0.3 is 9.47 Å². The van der Waals surface area contributed by atoms with E-state index < -0.39 is 12.1 Å². The predicted molar refractivity (Wildman–Crippen MR) is 73.6 cm³/mol. The van der Waals surface area contributed by atoms with Crippen molar-refractivity contribution in [3.63, 3.8) is 0 Å². The molecule has 0 aliphatic carbocycles. The van der Waals surface area contributed by atoms with Gasteiger partial charge in [-0.05, 0) is 5.56 Å². The lowest BCUT2D eigenvalue weighted by Gasteiger charge is -2.36.